The van der Waals surface area contributed by atoms with Gasteiger partial charge in [-0.3, -0.25) is 9.59 Å². The Morgan fingerprint density at radius 3 is 2.91 bits per heavy atom. The molecule has 0 radical (unpaired) electrons. The number of rotatable bonds is 6. The number of carbonyl (C=O) groups excluding carboxylic acids is 2. The number of ether oxygens (including phenoxy) is 1. The van der Waals surface area contributed by atoms with E-state index in [0.717, 1.165) is 32.5 Å². The number of methoxy groups -OCH3 is 1. The average molecular weight is 310 g/mol. The van der Waals surface area contributed by atoms with E-state index in [1.807, 2.05) is 11.9 Å². The lowest BCUT2D eigenvalue weighted by atomic mass is 10.1. The summed E-state index contributed by atoms with van der Waals surface area (Å²) >= 11 is 0. The molecule has 2 amide bonds. The van der Waals surface area contributed by atoms with Crippen LogP contribution in [0.3, 0.4) is 0 Å². The van der Waals surface area contributed by atoms with Crippen LogP contribution < -0.4 is 0 Å². The molecule has 0 spiro atoms. The molecule has 0 aliphatic carbocycles. The molecule has 2 aliphatic rings. The van der Waals surface area contributed by atoms with Crippen LogP contribution in [0.25, 0.3) is 0 Å². The van der Waals surface area contributed by atoms with Crippen molar-refractivity contribution in [2.75, 3.05) is 47.4 Å². The molecule has 1 atom stereocenters. The SMILES string of the molecule is COCCN(C)CC1CCCN1C(=O)C1=NN(C)C(=O)CC1. The van der Waals surface area contributed by atoms with Gasteiger partial charge < -0.3 is 14.5 Å². The van der Waals surface area contributed by atoms with Crippen molar-refractivity contribution in [3.63, 3.8) is 0 Å². The van der Waals surface area contributed by atoms with E-state index in [1.165, 1.54) is 5.01 Å². The van der Waals surface area contributed by atoms with E-state index in [-0.39, 0.29) is 17.9 Å². The first-order valence-corrected chi connectivity index (χ1v) is 7.85. The van der Waals surface area contributed by atoms with Crippen LogP contribution >= 0.6 is 0 Å². The first kappa shape index (κ1) is 16.9. The lowest BCUT2D eigenvalue weighted by Gasteiger charge is -2.30. The molecule has 1 unspecified atom stereocenters. The van der Waals surface area contributed by atoms with E-state index in [4.69, 9.17) is 4.74 Å². The molecule has 22 heavy (non-hydrogen) atoms. The van der Waals surface area contributed by atoms with E-state index in [2.05, 4.69) is 10.0 Å². The first-order valence-electron chi connectivity index (χ1n) is 7.85. The highest BCUT2D eigenvalue weighted by atomic mass is 16.5. The smallest absolute Gasteiger partial charge is 0.270 e. The first-order chi connectivity index (χ1) is 10.5. The summed E-state index contributed by atoms with van der Waals surface area (Å²) in [5.74, 6) is -0.0455. The van der Waals surface area contributed by atoms with Crippen molar-refractivity contribution in [1.29, 1.82) is 0 Å². The van der Waals surface area contributed by atoms with Gasteiger partial charge in [0.15, 0.2) is 0 Å². The number of hydrazone groups is 1. The maximum absolute atomic E-state index is 12.7. The molecule has 0 aromatic heterocycles. The summed E-state index contributed by atoms with van der Waals surface area (Å²) in [6.07, 6.45) is 2.86. The number of likely N-dealkylation sites (tertiary alicyclic amines) is 1. The molecule has 0 aromatic carbocycles. The Balaban J connectivity index is 1.96. The van der Waals surface area contributed by atoms with E-state index >= 15 is 0 Å². The Bertz CT molecular complexity index is 452. The van der Waals surface area contributed by atoms with Gasteiger partial charge in [-0.1, -0.05) is 0 Å². The Hall–Kier alpha value is -1.47. The van der Waals surface area contributed by atoms with Crippen LogP contribution in [0.2, 0.25) is 0 Å². The van der Waals surface area contributed by atoms with Crippen molar-refractivity contribution in [3.8, 4) is 0 Å². The number of likely N-dealkylation sites (N-methyl/N-ethyl adjacent to an activating group) is 1. The zero-order chi connectivity index (χ0) is 16.1. The highest BCUT2D eigenvalue weighted by Gasteiger charge is 2.33. The minimum absolute atomic E-state index is 0.0120. The van der Waals surface area contributed by atoms with Crippen LogP contribution in [0.4, 0.5) is 0 Å². The van der Waals surface area contributed by atoms with Gasteiger partial charge in [0.1, 0.15) is 5.71 Å². The zero-order valence-corrected chi connectivity index (χ0v) is 13.7. The molecule has 1 fully saturated rings. The number of hydrogen-bond acceptors (Lipinski definition) is 5. The molecule has 0 bridgehead atoms. The molecule has 7 nitrogen and oxygen atoms in total. The molecule has 2 aliphatic heterocycles. The predicted octanol–water partition coefficient (Wildman–Crippen LogP) is 0.164. The van der Waals surface area contributed by atoms with Crippen molar-refractivity contribution in [2.24, 2.45) is 5.10 Å². The third kappa shape index (κ3) is 4.04. The normalized spacial score (nSPS) is 22.5. The van der Waals surface area contributed by atoms with Crippen molar-refractivity contribution in [3.05, 3.63) is 0 Å². The number of amides is 2. The van der Waals surface area contributed by atoms with Gasteiger partial charge in [-0.2, -0.15) is 5.10 Å². The van der Waals surface area contributed by atoms with Crippen LogP contribution in [0.1, 0.15) is 25.7 Å². The van der Waals surface area contributed by atoms with Crippen LogP contribution in [0.5, 0.6) is 0 Å². The molecular weight excluding hydrogens is 284 g/mol. The van der Waals surface area contributed by atoms with Crippen LogP contribution in [0.15, 0.2) is 5.10 Å². The van der Waals surface area contributed by atoms with Crippen LogP contribution in [0, 0.1) is 0 Å². The van der Waals surface area contributed by atoms with Gasteiger partial charge in [0, 0.05) is 52.7 Å². The van der Waals surface area contributed by atoms with Crippen molar-refractivity contribution in [1.82, 2.24) is 14.8 Å². The lowest BCUT2D eigenvalue weighted by Crippen LogP contribution is -2.46. The summed E-state index contributed by atoms with van der Waals surface area (Å²) in [6, 6.07) is 0.222. The zero-order valence-electron chi connectivity index (χ0n) is 13.7. The number of carbonyl (C=O) groups is 2. The van der Waals surface area contributed by atoms with Gasteiger partial charge in [0.2, 0.25) is 5.91 Å². The second-order valence-electron chi connectivity index (χ2n) is 6.01. The van der Waals surface area contributed by atoms with Crippen molar-refractivity contribution < 1.29 is 14.3 Å². The third-order valence-electron chi connectivity index (χ3n) is 4.29. The third-order valence-corrected chi connectivity index (χ3v) is 4.29. The molecule has 0 N–H and O–H groups in total. The maximum atomic E-state index is 12.7. The van der Waals surface area contributed by atoms with E-state index < -0.39 is 0 Å². The highest BCUT2D eigenvalue weighted by molar-refractivity contribution is 6.39. The summed E-state index contributed by atoms with van der Waals surface area (Å²) in [4.78, 5) is 28.3. The van der Waals surface area contributed by atoms with E-state index in [1.54, 1.807) is 14.2 Å². The number of hydrogen-bond donors (Lipinski definition) is 0. The van der Waals surface area contributed by atoms with Gasteiger partial charge in [0.25, 0.3) is 5.91 Å². The number of nitrogens with zero attached hydrogens (tertiary/aromatic N) is 4. The molecule has 0 saturated carbocycles. The van der Waals surface area contributed by atoms with Gasteiger partial charge >= 0.3 is 0 Å². The van der Waals surface area contributed by atoms with Crippen LogP contribution in [-0.4, -0.2) is 85.8 Å². The Morgan fingerprint density at radius 2 is 2.23 bits per heavy atom. The highest BCUT2D eigenvalue weighted by Crippen LogP contribution is 2.20. The standard InChI is InChI=1S/C15H26N4O3/c1-17(9-10-22-3)11-12-5-4-8-19(12)15(21)13-6-7-14(20)18(2)16-13/h12H,4-11H2,1-3H3. The Kier molecular flexibility index (Phi) is 5.90. The fourth-order valence-corrected chi connectivity index (χ4v) is 2.98. The topological polar surface area (TPSA) is 65.5 Å². The largest absolute Gasteiger partial charge is 0.383 e. The van der Waals surface area contributed by atoms with Gasteiger partial charge in [0.05, 0.1) is 6.61 Å². The molecule has 0 aromatic rings. The predicted molar refractivity (Wildman–Crippen MR) is 83.5 cm³/mol. The molecular formula is C15H26N4O3. The quantitative estimate of drug-likeness (QED) is 0.701. The maximum Gasteiger partial charge on any atom is 0.270 e. The monoisotopic (exact) mass is 310 g/mol. The molecule has 2 rings (SSSR count). The molecule has 2 heterocycles. The fourth-order valence-electron chi connectivity index (χ4n) is 2.98. The second kappa shape index (κ2) is 7.69. The molecule has 7 heteroatoms. The van der Waals surface area contributed by atoms with Gasteiger partial charge in [-0.05, 0) is 19.9 Å². The Morgan fingerprint density at radius 1 is 1.45 bits per heavy atom. The molecule has 124 valence electrons. The van der Waals surface area contributed by atoms with E-state index in [9.17, 15) is 9.59 Å². The van der Waals surface area contributed by atoms with Crippen LogP contribution in [-0.2, 0) is 14.3 Å². The summed E-state index contributed by atoms with van der Waals surface area (Å²) < 4.78 is 5.09. The minimum Gasteiger partial charge on any atom is -0.383 e. The second-order valence-corrected chi connectivity index (χ2v) is 6.01. The lowest BCUT2D eigenvalue weighted by molar-refractivity contribution is -0.130. The minimum atomic E-state index is -0.0335. The van der Waals surface area contributed by atoms with E-state index in [0.29, 0.717) is 25.2 Å². The summed E-state index contributed by atoms with van der Waals surface area (Å²) in [5.41, 5.74) is 0.508. The summed E-state index contributed by atoms with van der Waals surface area (Å²) in [7, 11) is 5.34. The summed E-state index contributed by atoms with van der Waals surface area (Å²) in [5, 5.41) is 5.43. The summed E-state index contributed by atoms with van der Waals surface area (Å²) in [6.45, 7) is 3.17. The van der Waals surface area contributed by atoms with Gasteiger partial charge in [-0.25, -0.2) is 5.01 Å². The Labute approximate surface area is 131 Å². The van der Waals surface area contributed by atoms with Crippen molar-refractivity contribution in [2.45, 2.75) is 31.7 Å². The average Bonchev–Trinajstić information content (AvgIpc) is 2.95. The van der Waals surface area contributed by atoms with Crippen molar-refractivity contribution >= 4 is 17.5 Å². The molecule has 1 saturated heterocycles. The fraction of sp³-hybridized carbons (Fsp3) is 0.800. The van der Waals surface area contributed by atoms with Gasteiger partial charge in [-0.15, -0.1) is 0 Å².